The van der Waals surface area contributed by atoms with Crippen LogP contribution in [0.1, 0.15) is 61.9 Å². The van der Waals surface area contributed by atoms with Gasteiger partial charge in [-0.3, -0.25) is 14.3 Å². The van der Waals surface area contributed by atoms with Crippen LogP contribution in [0.5, 0.6) is 0 Å². The quantitative estimate of drug-likeness (QED) is 0.662. The maximum Gasteiger partial charge on any atom is 0.269 e. The molecule has 3 aromatic heterocycles. The van der Waals surface area contributed by atoms with Crippen LogP contribution >= 0.6 is 0 Å². The Hall–Kier alpha value is -2.94. The van der Waals surface area contributed by atoms with Crippen molar-refractivity contribution in [2.45, 2.75) is 60.0 Å². The van der Waals surface area contributed by atoms with Crippen molar-refractivity contribution in [1.29, 1.82) is 0 Å². The van der Waals surface area contributed by atoms with Gasteiger partial charge in [0.15, 0.2) is 5.82 Å². The number of aryl methyl sites for hydroxylation is 1. The first-order valence-corrected chi connectivity index (χ1v) is 10.9. The number of rotatable bonds is 4. The zero-order valence-electron chi connectivity index (χ0n) is 19.5. The third kappa shape index (κ3) is 4.01. The Bertz CT molecular complexity index is 1150. The van der Waals surface area contributed by atoms with Crippen LogP contribution in [0, 0.1) is 5.92 Å². The van der Waals surface area contributed by atoms with E-state index in [1.807, 2.05) is 24.6 Å². The number of hydrogen-bond acceptors (Lipinski definition) is 5. The second-order valence-electron chi connectivity index (χ2n) is 8.15. The highest BCUT2D eigenvalue weighted by Crippen LogP contribution is 2.23. The van der Waals surface area contributed by atoms with Crippen molar-refractivity contribution in [3.05, 3.63) is 45.1 Å². The molecule has 1 aliphatic rings. The molecule has 4 heterocycles. The molecule has 3 aromatic rings. The third-order valence-electron chi connectivity index (χ3n) is 5.41. The van der Waals surface area contributed by atoms with Gasteiger partial charge in [0.2, 0.25) is 0 Å². The zero-order valence-corrected chi connectivity index (χ0v) is 19.5. The summed E-state index contributed by atoms with van der Waals surface area (Å²) in [4.78, 5) is 25.8. The van der Waals surface area contributed by atoms with Gasteiger partial charge in [-0.15, -0.1) is 0 Å². The van der Waals surface area contributed by atoms with Gasteiger partial charge in [-0.25, -0.2) is 9.08 Å². The van der Waals surface area contributed by atoms with Crippen LogP contribution in [0.4, 0.5) is 0 Å². The third-order valence-corrected chi connectivity index (χ3v) is 5.41. The molecule has 0 aromatic carbocycles. The van der Waals surface area contributed by atoms with Crippen molar-refractivity contribution < 1.29 is 4.79 Å². The minimum Gasteiger partial charge on any atom is -0.354 e. The highest BCUT2D eigenvalue weighted by Gasteiger charge is 2.27. The van der Waals surface area contributed by atoms with Crippen LogP contribution in [0.15, 0.2) is 17.1 Å². The minimum atomic E-state index is -0.248. The second-order valence-corrected chi connectivity index (χ2v) is 8.15. The summed E-state index contributed by atoms with van der Waals surface area (Å²) in [6, 6.07) is 1.86. The van der Waals surface area contributed by atoms with Crippen LogP contribution in [0.3, 0.4) is 0 Å². The number of fused-ring (bicyclic) bond motifs is 3. The fourth-order valence-electron chi connectivity index (χ4n) is 4.03. The molecule has 1 atom stereocenters. The normalized spacial score (nSPS) is 15.5. The lowest BCUT2D eigenvalue weighted by Crippen LogP contribution is -2.40. The topological polar surface area (TPSA) is 98.2 Å². The molecule has 4 rings (SSSR count). The Morgan fingerprint density at radius 1 is 1.35 bits per heavy atom. The molecule has 1 amide bonds. The lowest BCUT2D eigenvalue weighted by atomic mass is 10.0. The summed E-state index contributed by atoms with van der Waals surface area (Å²) in [5, 5.41) is 15.1. The van der Waals surface area contributed by atoms with Crippen molar-refractivity contribution in [2.75, 3.05) is 7.05 Å². The van der Waals surface area contributed by atoms with E-state index >= 15 is 0 Å². The molecule has 9 heteroatoms. The van der Waals surface area contributed by atoms with Crippen LogP contribution in [0.25, 0.3) is 11.5 Å². The minimum absolute atomic E-state index is 0.0899. The number of amides is 1. The maximum atomic E-state index is 13.6. The zero-order chi connectivity index (χ0) is 22.9. The first-order chi connectivity index (χ1) is 14.8. The number of carbonyl (C=O) groups excluding carboxylic acids is 1. The van der Waals surface area contributed by atoms with Crippen molar-refractivity contribution in [2.24, 2.45) is 13.0 Å². The van der Waals surface area contributed by atoms with Crippen molar-refractivity contribution in [1.82, 2.24) is 34.6 Å². The van der Waals surface area contributed by atoms with Gasteiger partial charge < -0.3 is 10.6 Å². The van der Waals surface area contributed by atoms with E-state index in [9.17, 15) is 9.59 Å². The number of nitrogens with zero attached hydrogens (tertiary/aromatic N) is 5. The maximum absolute atomic E-state index is 13.6. The standard InChI is InChI=1S/C20H27N7O2.C2H6/c1-11(2)6-13-9-23-27-16-10-22-12(3)7-14(16)20(29)26(19(13)27)17-8-15(18(28)21-4)25(5)24-17;1-2/h8-9,11-12,22H,6-7,10H2,1-5H3,(H,21,28);1-2H3. The van der Waals surface area contributed by atoms with E-state index in [0.717, 1.165) is 28.9 Å². The van der Waals surface area contributed by atoms with Gasteiger partial charge >= 0.3 is 0 Å². The fourth-order valence-corrected chi connectivity index (χ4v) is 4.03. The molecule has 31 heavy (non-hydrogen) atoms. The van der Waals surface area contributed by atoms with Gasteiger partial charge in [-0.2, -0.15) is 10.2 Å². The van der Waals surface area contributed by atoms with Crippen LogP contribution < -0.4 is 16.2 Å². The van der Waals surface area contributed by atoms with E-state index in [-0.39, 0.29) is 17.5 Å². The van der Waals surface area contributed by atoms with Crippen LogP contribution in [-0.2, 0) is 26.4 Å². The molecule has 9 nitrogen and oxygen atoms in total. The van der Waals surface area contributed by atoms with E-state index in [1.54, 1.807) is 24.7 Å². The van der Waals surface area contributed by atoms with E-state index in [2.05, 4.69) is 41.6 Å². The Morgan fingerprint density at radius 3 is 2.71 bits per heavy atom. The summed E-state index contributed by atoms with van der Waals surface area (Å²) < 4.78 is 4.98. The molecule has 168 valence electrons. The van der Waals surface area contributed by atoms with Gasteiger partial charge in [0.25, 0.3) is 11.5 Å². The second kappa shape index (κ2) is 9.05. The van der Waals surface area contributed by atoms with Gasteiger partial charge in [0.1, 0.15) is 11.3 Å². The summed E-state index contributed by atoms with van der Waals surface area (Å²) in [7, 11) is 3.27. The average Bonchev–Trinajstić information content (AvgIpc) is 3.33. The van der Waals surface area contributed by atoms with Gasteiger partial charge in [0.05, 0.1) is 11.9 Å². The fraction of sp³-hybridized carbons (Fsp3) is 0.545. The first-order valence-electron chi connectivity index (χ1n) is 10.9. The molecule has 0 spiro atoms. The lowest BCUT2D eigenvalue weighted by Gasteiger charge is -2.24. The molecule has 0 saturated carbocycles. The Kier molecular flexibility index (Phi) is 6.64. The molecule has 0 radical (unpaired) electrons. The predicted molar refractivity (Wildman–Crippen MR) is 121 cm³/mol. The van der Waals surface area contributed by atoms with E-state index in [0.29, 0.717) is 30.4 Å². The van der Waals surface area contributed by atoms with Crippen LogP contribution in [-0.4, -0.2) is 43.0 Å². The van der Waals surface area contributed by atoms with E-state index < -0.39 is 0 Å². The molecule has 1 aliphatic heterocycles. The van der Waals surface area contributed by atoms with E-state index in [4.69, 9.17) is 0 Å². The van der Waals surface area contributed by atoms with Gasteiger partial charge in [-0.05, 0) is 25.7 Å². The predicted octanol–water partition coefficient (Wildman–Crippen LogP) is 1.84. The molecular formula is C22H33N7O2. The smallest absolute Gasteiger partial charge is 0.269 e. The Morgan fingerprint density at radius 2 is 2.06 bits per heavy atom. The number of aromatic nitrogens is 5. The van der Waals surface area contributed by atoms with Crippen molar-refractivity contribution in [3.8, 4) is 5.82 Å². The average molecular weight is 428 g/mol. The Labute approximate surface area is 182 Å². The van der Waals surface area contributed by atoms with Crippen molar-refractivity contribution >= 4 is 11.6 Å². The van der Waals surface area contributed by atoms with Gasteiger partial charge in [0, 0.05) is 43.9 Å². The summed E-state index contributed by atoms with van der Waals surface area (Å²) in [6.45, 7) is 10.9. The molecule has 0 aliphatic carbocycles. The molecule has 2 N–H and O–H groups in total. The molecule has 0 saturated heterocycles. The summed E-state index contributed by atoms with van der Waals surface area (Å²) in [5.41, 5.74) is 3.66. The summed E-state index contributed by atoms with van der Waals surface area (Å²) >= 11 is 0. The summed E-state index contributed by atoms with van der Waals surface area (Å²) in [5.74, 6) is 0.591. The number of carbonyl (C=O) groups is 1. The number of nitrogens with one attached hydrogen (secondary N) is 2. The van der Waals surface area contributed by atoms with Gasteiger partial charge in [-0.1, -0.05) is 27.7 Å². The highest BCUT2D eigenvalue weighted by molar-refractivity contribution is 5.92. The lowest BCUT2D eigenvalue weighted by molar-refractivity contribution is 0.0954. The molecular weight excluding hydrogens is 394 g/mol. The SMILES string of the molecule is CC.CNC(=O)c1cc(-n2c(=O)c3c(n4ncc(CC(C)C)c24)CNC(C)C3)nn1C. The van der Waals surface area contributed by atoms with Crippen molar-refractivity contribution in [3.63, 3.8) is 0 Å². The number of hydrogen-bond donors (Lipinski definition) is 2. The first kappa shape index (κ1) is 22.7. The molecule has 1 unspecified atom stereocenters. The van der Waals surface area contributed by atoms with Crippen LogP contribution in [0.2, 0.25) is 0 Å². The van der Waals surface area contributed by atoms with E-state index in [1.165, 1.54) is 4.68 Å². The Balaban J connectivity index is 0.00000132. The summed E-state index contributed by atoms with van der Waals surface area (Å²) in [6.07, 6.45) is 3.26. The monoisotopic (exact) mass is 427 g/mol. The molecule has 0 bridgehead atoms. The highest BCUT2D eigenvalue weighted by atomic mass is 16.2. The largest absolute Gasteiger partial charge is 0.354 e. The molecule has 0 fully saturated rings.